The van der Waals surface area contributed by atoms with Gasteiger partial charge in [0.1, 0.15) is 5.76 Å². The predicted molar refractivity (Wildman–Crippen MR) is 105 cm³/mol. The van der Waals surface area contributed by atoms with Crippen molar-refractivity contribution < 1.29 is 9.21 Å². The van der Waals surface area contributed by atoms with Crippen LogP contribution in [0.4, 0.5) is 4.79 Å². The van der Waals surface area contributed by atoms with Gasteiger partial charge in [0.25, 0.3) is 0 Å². The Morgan fingerprint density at radius 1 is 1.37 bits per heavy atom. The summed E-state index contributed by atoms with van der Waals surface area (Å²) < 4.78 is 5.42. The lowest BCUT2D eigenvalue weighted by atomic mass is 10.0. The Morgan fingerprint density at radius 2 is 2.15 bits per heavy atom. The lowest BCUT2D eigenvalue weighted by molar-refractivity contribution is 0.161. The number of hydrogen-bond acceptors (Lipinski definition) is 4. The molecule has 1 aliphatic rings. The van der Waals surface area contributed by atoms with E-state index < -0.39 is 0 Å². The summed E-state index contributed by atoms with van der Waals surface area (Å²) in [5.74, 6) is 0.996. The van der Waals surface area contributed by atoms with E-state index >= 15 is 0 Å². The Morgan fingerprint density at radius 3 is 2.81 bits per heavy atom. The molecule has 1 N–H and O–H groups in total. The third-order valence-electron chi connectivity index (χ3n) is 5.46. The highest BCUT2D eigenvalue weighted by Gasteiger charge is 2.24. The molecule has 2 aromatic heterocycles. The maximum atomic E-state index is 12.6. The summed E-state index contributed by atoms with van der Waals surface area (Å²) in [7, 11) is 1.87. The SMILES string of the molecule is Cc1cccnc1C[C@@H](C)N(C)C(=O)NC1CCN(Cc2ccco2)CC1. The Balaban J connectivity index is 1.44. The van der Waals surface area contributed by atoms with Gasteiger partial charge in [0.15, 0.2) is 0 Å². The minimum absolute atomic E-state index is 0.000527. The molecular weight excluding hydrogens is 340 g/mol. The molecule has 27 heavy (non-hydrogen) atoms. The number of amides is 2. The van der Waals surface area contributed by atoms with Crippen LogP contribution in [0.5, 0.6) is 0 Å². The van der Waals surface area contributed by atoms with Gasteiger partial charge in [-0.1, -0.05) is 6.07 Å². The van der Waals surface area contributed by atoms with E-state index in [4.69, 9.17) is 4.42 Å². The molecule has 146 valence electrons. The zero-order valence-corrected chi connectivity index (χ0v) is 16.5. The van der Waals surface area contributed by atoms with E-state index in [2.05, 4.69) is 35.1 Å². The Labute approximate surface area is 161 Å². The lowest BCUT2D eigenvalue weighted by Gasteiger charge is -2.33. The monoisotopic (exact) mass is 370 g/mol. The number of aryl methyl sites for hydroxylation is 1. The van der Waals surface area contributed by atoms with Crippen LogP contribution in [0, 0.1) is 6.92 Å². The zero-order valence-electron chi connectivity index (χ0n) is 16.5. The van der Waals surface area contributed by atoms with Gasteiger partial charge < -0.3 is 14.6 Å². The van der Waals surface area contributed by atoms with Crippen molar-refractivity contribution >= 4 is 6.03 Å². The van der Waals surface area contributed by atoms with Crippen LogP contribution in [-0.2, 0) is 13.0 Å². The number of rotatable bonds is 6. The van der Waals surface area contributed by atoms with E-state index in [1.165, 1.54) is 5.56 Å². The zero-order chi connectivity index (χ0) is 19.2. The molecule has 0 aromatic carbocycles. The number of likely N-dealkylation sites (tertiary alicyclic amines) is 1. The molecule has 6 heteroatoms. The number of carbonyl (C=O) groups excluding carboxylic acids is 1. The normalized spacial score (nSPS) is 16.9. The third kappa shape index (κ3) is 5.32. The molecule has 3 rings (SSSR count). The molecule has 0 bridgehead atoms. The van der Waals surface area contributed by atoms with Crippen LogP contribution in [0.25, 0.3) is 0 Å². The largest absolute Gasteiger partial charge is 0.468 e. The smallest absolute Gasteiger partial charge is 0.317 e. The van der Waals surface area contributed by atoms with Crippen molar-refractivity contribution in [3.63, 3.8) is 0 Å². The first kappa shape index (κ1) is 19.4. The summed E-state index contributed by atoms with van der Waals surface area (Å²) in [6, 6.07) is 8.26. The van der Waals surface area contributed by atoms with E-state index in [1.54, 1.807) is 11.2 Å². The molecule has 3 heterocycles. The molecular formula is C21H30N4O2. The summed E-state index contributed by atoms with van der Waals surface area (Å²) in [5, 5.41) is 3.20. The fourth-order valence-corrected chi connectivity index (χ4v) is 3.48. The van der Waals surface area contributed by atoms with Gasteiger partial charge in [-0.3, -0.25) is 9.88 Å². The van der Waals surface area contributed by atoms with Gasteiger partial charge in [-0.25, -0.2) is 4.79 Å². The number of nitrogens with zero attached hydrogens (tertiary/aromatic N) is 3. The molecule has 0 unspecified atom stereocenters. The summed E-state index contributed by atoms with van der Waals surface area (Å²) in [5.41, 5.74) is 2.22. The maximum Gasteiger partial charge on any atom is 0.317 e. The summed E-state index contributed by atoms with van der Waals surface area (Å²) >= 11 is 0. The van der Waals surface area contributed by atoms with Crippen LogP contribution >= 0.6 is 0 Å². The van der Waals surface area contributed by atoms with Crippen molar-refractivity contribution in [3.8, 4) is 0 Å². The topological polar surface area (TPSA) is 61.6 Å². The fraction of sp³-hybridized carbons (Fsp3) is 0.524. The van der Waals surface area contributed by atoms with E-state index in [9.17, 15) is 4.79 Å². The second kappa shape index (κ2) is 9.04. The van der Waals surface area contributed by atoms with Gasteiger partial charge in [-0.2, -0.15) is 0 Å². The molecule has 6 nitrogen and oxygen atoms in total. The average Bonchev–Trinajstić information content (AvgIpc) is 3.17. The summed E-state index contributed by atoms with van der Waals surface area (Å²) in [4.78, 5) is 21.2. The van der Waals surface area contributed by atoms with Gasteiger partial charge in [-0.05, 0) is 50.5 Å². The summed E-state index contributed by atoms with van der Waals surface area (Å²) in [6.07, 6.45) is 6.22. The number of nitrogens with one attached hydrogen (secondary N) is 1. The Bertz CT molecular complexity index is 724. The molecule has 0 saturated carbocycles. The standard InChI is InChI=1S/C21H30N4O2/c1-16-6-4-10-22-20(16)14-17(2)24(3)21(26)23-18-8-11-25(12-9-18)15-19-7-5-13-27-19/h4-7,10,13,17-18H,8-9,11-12,14-15H2,1-3H3,(H,23,26)/t17-/m1/s1. The number of urea groups is 1. The molecule has 1 aliphatic heterocycles. The minimum atomic E-state index is 0.000527. The number of hydrogen-bond donors (Lipinski definition) is 1. The second-order valence-electron chi connectivity index (χ2n) is 7.51. The molecule has 1 atom stereocenters. The number of likely N-dealkylation sites (N-methyl/N-ethyl adjacent to an activating group) is 1. The van der Waals surface area contributed by atoms with Gasteiger partial charge in [0, 0.05) is 50.5 Å². The second-order valence-corrected chi connectivity index (χ2v) is 7.51. The first-order valence-electron chi connectivity index (χ1n) is 9.71. The number of furan rings is 1. The van der Waals surface area contributed by atoms with Crippen molar-refractivity contribution in [1.29, 1.82) is 0 Å². The molecule has 0 spiro atoms. The number of piperidine rings is 1. The van der Waals surface area contributed by atoms with Crippen LogP contribution in [0.3, 0.4) is 0 Å². The minimum Gasteiger partial charge on any atom is -0.468 e. The number of pyridine rings is 1. The number of aromatic nitrogens is 1. The average molecular weight is 370 g/mol. The van der Waals surface area contributed by atoms with Crippen molar-refractivity contribution in [1.82, 2.24) is 20.1 Å². The lowest BCUT2D eigenvalue weighted by Crippen LogP contribution is -2.50. The van der Waals surface area contributed by atoms with Crippen LogP contribution < -0.4 is 5.32 Å². The van der Waals surface area contributed by atoms with Crippen molar-refractivity contribution in [2.24, 2.45) is 0 Å². The Kier molecular flexibility index (Phi) is 6.50. The first-order chi connectivity index (χ1) is 13.0. The Hall–Kier alpha value is -2.34. The van der Waals surface area contributed by atoms with Crippen LogP contribution in [0.2, 0.25) is 0 Å². The van der Waals surface area contributed by atoms with E-state index in [-0.39, 0.29) is 18.1 Å². The van der Waals surface area contributed by atoms with Gasteiger partial charge >= 0.3 is 6.03 Å². The molecule has 1 saturated heterocycles. The quantitative estimate of drug-likeness (QED) is 0.848. The van der Waals surface area contributed by atoms with Crippen LogP contribution in [0.15, 0.2) is 41.1 Å². The molecule has 0 aliphatic carbocycles. The van der Waals surface area contributed by atoms with E-state index in [1.807, 2.05) is 31.4 Å². The molecule has 2 amide bonds. The van der Waals surface area contributed by atoms with E-state index in [0.717, 1.165) is 50.4 Å². The van der Waals surface area contributed by atoms with Gasteiger partial charge in [0.05, 0.1) is 12.8 Å². The first-order valence-corrected chi connectivity index (χ1v) is 9.71. The van der Waals surface area contributed by atoms with E-state index in [0.29, 0.717) is 0 Å². The molecule has 0 radical (unpaired) electrons. The van der Waals surface area contributed by atoms with Gasteiger partial charge in [-0.15, -0.1) is 0 Å². The van der Waals surface area contributed by atoms with Gasteiger partial charge in [0.2, 0.25) is 0 Å². The third-order valence-corrected chi connectivity index (χ3v) is 5.46. The highest BCUT2D eigenvalue weighted by molar-refractivity contribution is 5.74. The highest BCUT2D eigenvalue weighted by atomic mass is 16.3. The van der Waals surface area contributed by atoms with Crippen molar-refractivity contribution in [2.45, 2.75) is 51.7 Å². The van der Waals surface area contributed by atoms with Crippen LogP contribution in [0.1, 0.15) is 36.8 Å². The molecule has 1 fully saturated rings. The maximum absolute atomic E-state index is 12.6. The molecule has 2 aromatic rings. The highest BCUT2D eigenvalue weighted by Crippen LogP contribution is 2.15. The fourth-order valence-electron chi connectivity index (χ4n) is 3.48. The van der Waals surface area contributed by atoms with Crippen molar-refractivity contribution in [2.75, 3.05) is 20.1 Å². The number of carbonyl (C=O) groups is 1. The predicted octanol–water partition coefficient (Wildman–Crippen LogP) is 3.22. The van der Waals surface area contributed by atoms with Crippen LogP contribution in [-0.4, -0.2) is 53.0 Å². The van der Waals surface area contributed by atoms with Crippen molar-refractivity contribution in [3.05, 3.63) is 53.7 Å². The summed E-state index contributed by atoms with van der Waals surface area (Å²) in [6.45, 7) is 6.91.